The average molecular weight is 218 g/mol. The zero-order valence-electron chi connectivity index (χ0n) is 6.88. The molecule has 1 radical (unpaired) electrons. The molecule has 0 spiro atoms. The van der Waals surface area contributed by atoms with Gasteiger partial charge in [0.25, 0.3) is 15.9 Å². The molecule has 2 N–H and O–H groups in total. The number of rotatable bonds is 3. The van der Waals surface area contributed by atoms with Gasteiger partial charge in [0.2, 0.25) is 0 Å². The van der Waals surface area contributed by atoms with Crippen LogP contribution < -0.4 is 9.71 Å². The van der Waals surface area contributed by atoms with Crippen molar-refractivity contribution in [2.75, 3.05) is 0 Å². The van der Waals surface area contributed by atoms with E-state index in [0.717, 1.165) is 4.90 Å². The van der Waals surface area contributed by atoms with Crippen LogP contribution in [0.15, 0.2) is 29.4 Å². The summed E-state index contributed by atoms with van der Waals surface area (Å²) in [6, 6.07) is 3.59. The van der Waals surface area contributed by atoms with Gasteiger partial charge in [-0.1, -0.05) is 0 Å². The molecule has 0 aliphatic carbocycles. The average Bonchev–Trinajstić information content (AvgIpc) is 2.01. The second kappa shape index (κ2) is 4.08. The molecule has 0 bridgehead atoms. The molecule has 0 unspecified atom stereocenters. The highest BCUT2D eigenvalue weighted by Crippen LogP contribution is 2.11. The molecule has 0 amide bonds. The van der Waals surface area contributed by atoms with Crippen LogP contribution in [-0.4, -0.2) is 8.42 Å². The number of sulfonamides is 1. The maximum Gasteiger partial charge on any atom is 0.270 e. The molecule has 13 heavy (non-hydrogen) atoms. The topological polar surface area (TPSA) is 64.0 Å². The van der Waals surface area contributed by atoms with Gasteiger partial charge in [-0.05, 0) is 6.07 Å². The Morgan fingerprint density at radius 1 is 1.62 bits per heavy atom. The normalized spacial score (nSPS) is 11.5. The Morgan fingerprint density at radius 2 is 2.31 bits per heavy atom. The fraction of sp³-hybridized carbons (Fsp3) is 0.143. The maximum atomic E-state index is 10.7. The smallest absolute Gasteiger partial charge is 0.223 e. The van der Waals surface area contributed by atoms with Gasteiger partial charge in [-0.15, -0.1) is 11.8 Å². The predicted molar refractivity (Wildman–Crippen MR) is 51.0 cm³/mol. The molecular formula is C7H10N2O2S2+. The summed E-state index contributed by atoms with van der Waals surface area (Å²) < 4.78 is 23.0. The van der Waals surface area contributed by atoms with Gasteiger partial charge in [0, 0.05) is 12.3 Å². The van der Waals surface area contributed by atoms with Crippen molar-refractivity contribution in [3.05, 3.63) is 30.8 Å². The summed E-state index contributed by atoms with van der Waals surface area (Å²) in [6.45, 7) is 0. The molecule has 0 aliphatic rings. The zero-order valence-corrected chi connectivity index (χ0v) is 8.51. The summed E-state index contributed by atoms with van der Waals surface area (Å²) in [5.41, 5.74) is 0. The summed E-state index contributed by atoms with van der Waals surface area (Å²) >= 11 is 1.30. The first kappa shape index (κ1) is 10.5. The van der Waals surface area contributed by atoms with Crippen LogP contribution in [-0.2, 0) is 15.9 Å². The van der Waals surface area contributed by atoms with Crippen LogP contribution in [0.2, 0.25) is 0 Å². The van der Waals surface area contributed by atoms with E-state index < -0.39 is 10.0 Å². The van der Waals surface area contributed by atoms with Crippen molar-refractivity contribution < 1.29 is 13.0 Å². The minimum atomic E-state index is -3.47. The number of primary sulfonamides is 1. The molecular weight excluding hydrogens is 208 g/mol. The van der Waals surface area contributed by atoms with E-state index in [4.69, 9.17) is 5.14 Å². The van der Waals surface area contributed by atoms with Gasteiger partial charge < -0.3 is 0 Å². The van der Waals surface area contributed by atoms with E-state index in [0.29, 0.717) is 0 Å². The SMILES string of the molecule is [CH2]Sc1ccc[n+](CS(N)(=O)=O)c1. The second-order valence-electron chi connectivity index (χ2n) is 2.49. The molecule has 1 aromatic heterocycles. The lowest BCUT2D eigenvalue weighted by atomic mass is 10.5. The van der Waals surface area contributed by atoms with Crippen molar-refractivity contribution in [2.45, 2.75) is 10.8 Å². The van der Waals surface area contributed by atoms with E-state index >= 15 is 0 Å². The van der Waals surface area contributed by atoms with Crippen LogP contribution in [0.25, 0.3) is 0 Å². The van der Waals surface area contributed by atoms with Crippen molar-refractivity contribution in [2.24, 2.45) is 5.14 Å². The quantitative estimate of drug-likeness (QED) is 0.578. The summed E-state index contributed by atoms with van der Waals surface area (Å²) in [5, 5.41) is 4.89. The molecule has 1 aromatic rings. The third-order valence-corrected chi connectivity index (χ3v) is 2.56. The summed E-state index contributed by atoms with van der Waals surface area (Å²) in [6.07, 6.45) is 6.94. The summed E-state index contributed by atoms with van der Waals surface area (Å²) in [4.78, 5) is 0.895. The molecule has 0 saturated carbocycles. The first-order chi connectivity index (χ1) is 6.01. The highest BCUT2D eigenvalue weighted by atomic mass is 32.2. The number of thioether (sulfide) groups is 1. The molecule has 1 heterocycles. The van der Waals surface area contributed by atoms with Crippen LogP contribution in [0.4, 0.5) is 0 Å². The van der Waals surface area contributed by atoms with Crippen molar-refractivity contribution in [1.82, 2.24) is 0 Å². The largest absolute Gasteiger partial charge is 0.270 e. The van der Waals surface area contributed by atoms with Crippen LogP contribution in [0.3, 0.4) is 0 Å². The molecule has 6 heteroatoms. The predicted octanol–water partition coefficient (Wildman–Crippen LogP) is 0.104. The Bertz CT molecular complexity index is 389. The monoisotopic (exact) mass is 218 g/mol. The minimum Gasteiger partial charge on any atom is -0.223 e. The Morgan fingerprint density at radius 3 is 2.85 bits per heavy atom. The van der Waals surface area contributed by atoms with Gasteiger partial charge in [0.05, 0.1) is 4.90 Å². The van der Waals surface area contributed by atoms with E-state index in [9.17, 15) is 8.42 Å². The van der Waals surface area contributed by atoms with Crippen LogP contribution in [0, 0.1) is 6.26 Å². The number of pyridine rings is 1. The molecule has 0 saturated heterocycles. The fourth-order valence-electron chi connectivity index (χ4n) is 0.871. The molecule has 0 fully saturated rings. The Labute approximate surface area is 81.8 Å². The van der Waals surface area contributed by atoms with Crippen molar-refractivity contribution in [3.8, 4) is 0 Å². The maximum absolute atomic E-state index is 10.7. The highest BCUT2D eigenvalue weighted by Gasteiger charge is 2.10. The van der Waals surface area contributed by atoms with Crippen LogP contribution in [0.1, 0.15) is 0 Å². The Hall–Kier alpha value is -0.590. The molecule has 71 valence electrons. The van der Waals surface area contributed by atoms with Crippen LogP contribution >= 0.6 is 11.8 Å². The van der Waals surface area contributed by atoms with E-state index in [1.54, 1.807) is 18.5 Å². The lowest BCUT2D eigenvalue weighted by molar-refractivity contribution is -0.679. The third kappa shape index (κ3) is 3.75. The minimum absolute atomic E-state index is 0.207. The summed E-state index contributed by atoms with van der Waals surface area (Å²) in [5.74, 6) is -0.207. The van der Waals surface area contributed by atoms with E-state index in [-0.39, 0.29) is 5.88 Å². The van der Waals surface area contributed by atoms with Gasteiger partial charge in [0.1, 0.15) is 0 Å². The van der Waals surface area contributed by atoms with Crippen LogP contribution in [0.5, 0.6) is 0 Å². The van der Waals surface area contributed by atoms with Gasteiger partial charge in [0.15, 0.2) is 12.4 Å². The van der Waals surface area contributed by atoms with E-state index in [1.807, 2.05) is 6.07 Å². The van der Waals surface area contributed by atoms with Gasteiger partial charge in [-0.25, -0.2) is 13.6 Å². The standard InChI is InChI=1S/C7H10N2O2S2/c1-12-7-3-2-4-9(5-7)6-13(8,10)11/h2-5H,1,6H2,(H2,8,10,11)/q+1. The Kier molecular flexibility index (Phi) is 3.29. The van der Waals surface area contributed by atoms with Gasteiger partial charge in [-0.3, -0.25) is 0 Å². The number of nitrogens with two attached hydrogens (primary N) is 1. The molecule has 4 nitrogen and oxygen atoms in total. The number of aromatic nitrogens is 1. The summed E-state index contributed by atoms with van der Waals surface area (Å²) in [7, 11) is -3.47. The van der Waals surface area contributed by atoms with Crippen molar-refractivity contribution in [1.29, 1.82) is 0 Å². The Balaban J connectivity index is 2.90. The third-order valence-electron chi connectivity index (χ3n) is 1.33. The first-order valence-electron chi connectivity index (χ1n) is 3.43. The lowest BCUT2D eigenvalue weighted by Gasteiger charge is -1.96. The van der Waals surface area contributed by atoms with Gasteiger partial charge in [-0.2, -0.15) is 4.57 Å². The van der Waals surface area contributed by atoms with Gasteiger partial charge >= 0.3 is 0 Å². The second-order valence-corrected chi connectivity index (χ2v) is 4.83. The highest BCUT2D eigenvalue weighted by molar-refractivity contribution is 8.00. The van der Waals surface area contributed by atoms with Crippen molar-refractivity contribution >= 4 is 21.8 Å². The first-order valence-corrected chi connectivity index (χ1v) is 6.13. The van der Waals surface area contributed by atoms with Crippen molar-refractivity contribution in [3.63, 3.8) is 0 Å². The van der Waals surface area contributed by atoms with E-state index in [2.05, 4.69) is 6.26 Å². The molecule has 0 aliphatic heterocycles. The zero-order chi connectivity index (χ0) is 9.90. The number of nitrogens with zero attached hydrogens (tertiary/aromatic N) is 1. The molecule has 1 rings (SSSR count). The number of hydrogen-bond donors (Lipinski definition) is 1. The fourth-order valence-corrected chi connectivity index (χ4v) is 1.83. The van der Waals surface area contributed by atoms with E-state index in [1.165, 1.54) is 16.3 Å². The molecule has 0 atom stereocenters. The molecule has 0 aromatic carbocycles. The number of hydrogen-bond acceptors (Lipinski definition) is 3. The lowest BCUT2D eigenvalue weighted by Crippen LogP contribution is -2.39.